The molecule has 0 spiro atoms. The van der Waals surface area contributed by atoms with Crippen LogP contribution in [0.3, 0.4) is 0 Å². The summed E-state index contributed by atoms with van der Waals surface area (Å²) < 4.78 is 0. The standard InChI is InChI=1S/C18H22ClN3O2/c19-15-8-16(20-9-15)18(24)21-17-11-22(7-6-14(17)12-23)10-13-4-2-1-3-5-13/h1-5,8-9,14,17,20,23H,6-7,10-12H2,(H,21,24). The number of amides is 1. The van der Waals surface area contributed by atoms with Gasteiger partial charge >= 0.3 is 0 Å². The highest BCUT2D eigenvalue weighted by atomic mass is 35.5. The maximum absolute atomic E-state index is 12.4. The van der Waals surface area contributed by atoms with E-state index >= 15 is 0 Å². The minimum absolute atomic E-state index is 0.0754. The second kappa shape index (κ2) is 7.83. The zero-order valence-electron chi connectivity index (χ0n) is 13.4. The third-order valence-corrected chi connectivity index (χ3v) is 4.75. The largest absolute Gasteiger partial charge is 0.396 e. The maximum Gasteiger partial charge on any atom is 0.268 e. The first-order valence-corrected chi connectivity index (χ1v) is 8.55. The number of H-pyrrole nitrogens is 1. The molecule has 6 heteroatoms. The lowest BCUT2D eigenvalue weighted by atomic mass is 9.91. The fourth-order valence-electron chi connectivity index (χ4n) is 3.18. The lowest BCUT2D eigenvalue weighted by molar-refractivity contribution is 0.0727. The van der Waals surface area contributed by atoms with Crippen LogP contribution in [0.5, 0.6) is 0 Å². The van der Waals surface area contributed by atoms with Crippen molar-refractivity contribution in [3.05, 3.63) is 58.9 Å². The number of aliphatic hydroxyl groups excluding tert-OH is 1. The number of carbonyl (C=O) groups is 1. The molecule has 24 heavy (non-hydrogen) atoms. The lowest BCUT2D eigenvalue weighted by Gasteiger charge is -2.38. The molecule has 2 heterocycles. The highest BCUT2D eigenvalue weighted by Gasteiger charge is 2.30. The van der Waals surface area contributed by atoms with Crippen molar-refractivity contribution >= 4 is 17.5 Å². The second-order valence-corrected chi connectivity index (χ2v) is 6.70. The molecule has 5 nitrogen and oxygen atoms in total. The average molecular weight is 348 g/mol. The molecule has 3 rings (SSSR count). The first-order valence-electron chi connectivity index (χ1n) is 8.17. The van der Waals surface area contributed by atoms with Gasteiger partial charge in [-0.25, -0.2) is 0 Å². The Morgan fingerprint density at radius 3 is 2.83 bits per heavy atom. The van der Waals surface area contributed by atoms with Gasteiger partial charge in [0.1, 0.15) is 5.69 Å². The van der Waals surface area contributed by atoms with Gasteiger partial charge in [0.2, 0.25) is 0 Å². The number of halogens is 1. The number of rotatable bonds is 5. The predicted octanol–water partition coefficient (Wildman–Crippen LogP) is 2.28. The zero-order chi connectivity index (χ0) is 16.9. The van der Waals surface area contributed by atoms with Crippen molar-refractivity contribution in [3.8, 4) is 0 Å². The number of hydrogen-bond acceptors (Lipinski definition) is 3. The molecule has 0 radical (unpaired) electrons. The van der Waals surface area contributed by atoms with Crippen LogP contribution < -0.4 is 5.32 Å². The quantitative estimate of drug-likeness (QED) is 0.777. The molecule has 3 N–H and O–H groups in total. The van der Waals surface area contributed by atoms with E-state index < -0.39 is 0 Å². The summed E-state index contributed by atoms with van der Waals surface area (Å²) in [5.41, 5.74) is 1.69. The second-order valence-electron chi connectivity index (χ2n) is 6.26. The van der Waals surface area contributed by atoms with E-state index in [4.69, 9.17) is 11.6 Å². The van der Waals surface area contributed by atoms with Crippen LogP contribution in [-0.4, -0.2) is 46.6 Å². The monoisotopic (exact) mass is 347 g/mol. The Morgan fingerprint density at radius 2 is 2.17 bits per heavy atom. The summed E-state index contributed by atoms with van der Waals surface area (Å²) >= 11 is 5.86. The summed E-state index contributed by atoms with van der Waals surface area (Å²) in [6.07, 6.45) is 2.45. The number of aromatic nitrogens is 1. The molecule has 1 aliphatic heterocycles. The van der Waals surface area contributed by atoms with Gasteiger partial charge in [0.15, 0.2) is 0 Å². The van der Waals surface area contributed by atoms with Crippen LogP contribution in [0.4, 0.5) is 0 Å². The van der Waals surface area contributed by atoms with Crippen LogP contribution in [0.15, 0.2) is 42.6 Å². The number of hydrogen-bond donors (Lipinski definition) is 3. The van der Waals surface area contributed by atoms with Gasteiger partial charge < -0.3 is 15.4 Å². The predicted molar refractivity (Wildman–Crippen MR) is 94.0 cm³/mol. The first kappa shape index (κ1) is 17.0. The molecule has 0 aliphatic carbocycles. The van der Waals surface area contributed by atoms with Crippen molar-refractivity contribution in [2.24, 2.45) is 5.92 Å². The molecule has 1 fully saturated rings. The molecule has 0 bridgehead atoms. The minimum atomic E-state index is -0.188. The van der Waals surface area contributed by atoms with Crippen LogP contribution in [0.25, 0.3) is 0 Å². The van der Waals surface area contributed by atoms with Crippen molar-refractivity contribution < 1.29 is 9.90 Å². The molecule has 1 amide bonds. The van der Waals surface area contributed by atoms with Crippen LogP contribution >= 0.6 is 11.6 Å². The number of carbonyl (C=O) groups excluding carboxylic acids is 1. The number of aliphatic hydroxyl groups is 1. The van der Waals surface area contributed by atoms with Gasteiger partial charge in [-0.15, -0.1) is 0 Å². The Kier molecular flexibility index (Phi) is 5.56. The van der Waals surface area contributed by atoms with Gasteiger partial charge in [-0.3, -0.25) is 9.69 Å². The summed E-state index contributed by atoms with van der Waals surface area (Å²) in [4.78, 5) is 17.5. The summed E-state index contributed by atoms with van der Waals surface area (Å²) in [5.74, 6) is -0.113. The Bertz CT molecular complexity index is 674. The molecular weight excluding hydrogens is 326 g/mol. The number of nitrogens with one attached hydrogen (secondary N) is 2. The van der Waals surface area contributed by atoms with Crippen LogP contribution in [0.2, 0.25) is 5.02 Å². The Morgan fingerprint density at radius 1 is 1.38 bits per heavy atom. The summed E-state index contributed by atoms with van der Waals surface area (Å²) in [6.45, 7) is 2.57. The summed E-state index contributed by atoms with van der Waals surface area (Å²) in [5, 5.41) is 13.2. The molecule has 2 unspecified atom stereocenters. The smallest absolute Gasteiger partial charge is 0.268 e. The first-order chi connectivity index (χ1) is 11.7. The van der Waals surface area contributed by atoms with Crippen LogP contribution in [0.1, 0.15) is 22.5 Å². The van der Waals surface area contributed by atoms with Gasteiger partial charge in [0, 0.05) is 37.9 Å². The maximum atomic E-state index is 12.4. The molecule has 128 valence electrons. The number of piperidine rings is 1. The van der Waals surface area contributed by atoms with Crippen LogP contribution in [0, 0.1) is 5.92 Å². The Balaban J connectivity index is 1.64. The lowest BCUT2D eigenvalue weighted by Crippen LogP contribution is -2.53. The molecule has 2 atom stereocenters. The van der Waals surface area contributed by atoms with Crippen LogP contribution in [-0.2, 0) is 6.54 Å². The number of aromatic amines is 1. The topological polar surface area (TPSA) is 68.4 Å². The van der Waals surface area contributed by atoms with Gasteiger partial charge in [-0.1, -0.05) is 41.9 Å². The Labute approximate surface area is 146 Å². The zero-order valence-corrected chi connectivity index (χ0v) is 14.2. The fourth-order valence-corrected chi connectivity index (χ4v) is 3.34. The van der Waals surface area contributed by atoms with E-state index in [1.165, 1.54) is 5.56 Å². The van der Waals surface area contributed by atoms with Gasteiger partial charge in [0.25, 0.3) is 5.91 Å². The third kappa shape index (κ3) is 4.17. The molecule has 1 aromatic carbocycles. The van der Waals surface area contributed by atoms with E-state index in [9.17, 15) is 9.90 Å². The van der Waals surface area contributed by atoms with E-state index in [-0.39, 0.29) is 24.5 Å². The number of nitrogens with zero attached hydrogens (tertiary/aromatic N) is 1. The molecule has 1 saturated heterocycles. The van der Waals surface area contributed by atoms with E-state index in [2.05, 4.69) is 27.3 Å². The van der Waals surface area contributed by atoms with E-state index in [0.29, 0.717) is 10.7 Å². The summed E-state index contributed by atoms with van der Waals surface area (Å²) in [6, 6.07) is 11.8. The molecule has 2 aromatic rings. The number of likely N-dealkylation sites (tertiary alicyclic amines) is 1. The highest BCUT2D eigenvalue weighted by molar-refractivity contribution is 6.30. The van der Waals surface area contributed by atoms with E-state index in [0.717, 1.165) is 26.1 Å². The number of benzene rings is 1. The minimum Gasteiger partial charge on any atom is -0.396 e. The van der Waals surface area contributed by atoms with Crippen molar-refractivity contribution in [3.63, 3.8) is 0 Å². The molecular formula is C18H22ClN3O2. The van der Waals surface area contributed by atoms with E-state index in [1.54, 1.807) is 12.3 Å². The van der Waals surface area contributed by atoms with Gasteiger partial charge in [-0.05, 0) is 24.6 Å². The summed E-state index contributed by atoms with van der Waals surface area (Å²) in [7, 11) is 0. The molecule has 1 aromatic heterocycles. The van der Waals surface area contributed by atoms with Crippen molar-refractivity contribution in [2.75, 3.05) is 19.7 Å². The van der Waals surface area contributed by atoms with Gasteiger partial charge in [0.05, 0.1) is 5.02 Å². The normalized spacial score (nSPS) is 21.6. The molecule has 1 aliphatic rings. The average Bonchev–Trinajstić information content (AvgIpc) is 3.03. The van der Waals surface area contributed by atoms with Crippen molar-refractivity contribution in [1.82, 2.24) is 15.2 Å². The van der Waals surface area contributed by atoms with Crippen molar-refractivity contribution in [1.29, 1.82) is 0 Å². The van der Waals surface area contributed by atoms with Crippen molar-refractivity contribution in [2.45, 2.75) is 19.0 Å². The third-order valence-electron chi connectivity index (χ3n) is 4.53. The van der Waals surface area contributed by atoms with E-state index in [1.807, 2.05) is 18.2 Å². The SMILES string of the molecule is O=C(NC1CN(Cc2ccccc2)CCC1CO)c1cc(Cl)c[nH]1. The van der Waals surface area contributed by atoms with Gasteiger partial charge in [-0.2, -0.15) is 0 Å². The Hall–Kier alpha value is -1.82. The fraction of sp³-hybridized carbons (Fsp3) is 0.389. The molecule has 0 saturated carbocycles. The highest BCUT2D eigenvalue weighted by Crippen LogP contribution is 2.20.